The van der Waals surface area contributed by atoms with Crippen LogP contribution in [-0.4, -0.2) is 59.0 Å². The molecule has 3 aromatic carbocycles. The summed E-state index contributed by atoms with van der Waals surface area (Å²) in [6, 6.07) is 19.5. The Morgan fingerprint density at radius 3 is 2.22 bits per heavy atom. The molecule has 1 heterocycles. The summed E-state index contributed by atoms with van der Waals surface area (Å²) in [6.07, 6.45) is 0.947. The Morgan fingerprint density at radius 1 is 0.805 bits per heavy atom. The minimum atomic E-state index is -1.37. The monoisotopic (exact) mass is 557 g/mol. The van der Waals surface area contributed by atoms with E-state index in [1.54, 1.807) is 44.3 Å². The number of nitrogens with zero attached hydrogens (tertiary/aromatic N) is 1. The van der Waals surface area contributed by atoms with Crippen LogP contribution in [0, 0.1) is 5.92 Å². The number of amides is 2. The summed E-state index contributed by atoms with van der Waals surface area (Å²) in [7, 11) is 0. The van der Waals surface area contributed by atoms with E-state index in [9.17, 15) is 24.3 Å². The Hall–Kier alpha value is -4.99. The topological polar surface area (TPSA) is 144 Å². The van der Waals surface area contributed by atoms with Crippen LogP contribution >= 0.6 is 0 Å². The summed E-state index contributed by atoms with van der Waals surface area (Å²) in [5.74, 6) is -2.63. The van der Waals surface area contributed by atoms with Crippen molar-refractivity contribution in [3.8, 4) is 11.5 Å². The standard InChI is InChI=1S/C31H31N3O7/c1-19(2)29(34-27(36)18-41-25-13-5-9-20-8-3-4-12-22(20)25)31(39)33-23(16-28(37)38)24(35)17-40-26-14-6-10-21-11-7-15-32-30(21)26/h3-15,19,23,29H,16-18H2,1-2H3,(H,33,39)(H,34,36)(H,37,38)/t23-,29-/m0/s1. The number of aliphatic carboxylic acids is 1. The first-order valence-corrected chi connectivity index (χ1v) is 13.1. The first-order chi connectivity index (χ1) is 19.7. The first kappa shape index (κ1) is 29.0. The lowest BCUT2D eigenvalue weighted by Gasteiger charge is -2.24. The van der Waals surface area contributed by atoms with Crippen molar-refractivity contribution in [1.82, 2.24) is 15.6 Å². The van der Waals surface area contributed by atoms with Gasteiger partial charge < -0.3 is 25.2 Å². The number of pyridine rings is 1. The van der Waals surface area contributed by atoms with Gasteiger partial charge in [0.25, 0.3) is 5.91 Å². The minimum Gasteiger partial charge on any atom is -0.483 e. The lowest BCUT2D eigenvalue weighted by molar-refractivity contribution is -0.141. The van der Waals surface area contributed by atoms with Gasteiger partial charge in [0.1, 0.15) is 35.7 Å². The zero-order valence-corrected chi connectivity index (χ0v) is 22.7. The van der Waals surface area contributed by atoms with Gasteiger partial charge in [0.05, 0.1) is 6.42 Å². The van der Waals surface area contributed by atoms with Gasteiger partial charge in [-0.3, -0.25) is 24.2 Å². The van der Waals surface area contributed by atoms with Crippen LogP contribution in [0.25, 0.3) is 21.7 Å². The molecule has 41 heavy (non-hydrogen) atoms. The zero-order valence-electron chi connectivity index (χ0n) is 22.7. The molecule has 2 atom stereocenters. The minimum absolute atomic E-state index is 0.338. The highest BCUT2D eigenvalue weighted by atomic mass is 16.5. The van der Waals surface area contributed by atoms with Crippen molar-refractivity contribution in [2.75, 3.05) is 13.2 Å². The molecule has 10 heteroatoms. The number of ether oxygens (including phenoxy) is 2. The quantitative estimate of drug-likeness (QED) is 0.227. The number of carbonyl (C=O) groups excluding carboxylic acids is 3. The van der Waals surface area contributed by atoms with Crippen molar-refractivity contribution in [3.63, 3.8) is 0 Å². The van der Waals surface area contributed by atoms with Crippen LogP contribution in [-0.2, 0) is 19.2 Å². The summed E-state index contributed by atoms with van der Waals surface area (Å²) < 4.78 is 11.4. The number of aromatic nitrogens is 1. The molecule has 4 rings (SSSR count). The second kappa shape index (κ2) is 13.4. The number of nitrogens with one attached hydrogen (secondary N) is 2. The number of carboxylic acids is 1. The highest BCUT2D eigenvalue weighted by molar-refractivity contribution is 5.96. The van der Waals surface area contributed by atoms with E-state index in [4.69, 9.17) is 9.47 Å². The van der Waals surface area contributed by atoms with Crippen molar-refractivity contribution in [1.29, 1.82) is 0 Å². The van der Waals surface area contributed by atoms with Gasteiger partial charge in [0.15, 0.2) is 12.4 Å². The Bertz CT molecular complexity index is 1560. The fourth-order valence-corrected chi connectivity index (χ4v) is 4.34. The fourth-order valence-electron chi connectivity index (χ4n) is 4.34. The average molecular weight is 558 g/mol. The summed E-state index contributed by atoms with van der Waals surface area (Å²) in [4.78, 5) is 54.6. The van der Waals surface area contributed by atoms with Gasteiger partial charge in [0.2, 0.25) is 5.91 Å². The summed E-state index contributed by atoms with van der Waals surface area (Å²) in [5, 5.41) is 17.1. The molecule has 0 spiro atoms. The van der Waals surface area contributed by atoms with E-state index < -0.39 is 48.7 Å². The van der Waals surface area contributed by atoms with E-state index in [1.165, 1.54) is 0 Å². The van der Waals surface area contributed by atoms with Gasteiger partial charge in [-0.1, -0.05) is 68.4 Å². The molecular formula is C31H31N3O7. The largest absolute Gasteiger partial charge is 0.483 e. The Balaban J connectivity index is 1.38. The van der Waals surface area contributed by atoms with Crippen molar-refractivity contribution in [3.05, 3.63) is 79.0 Å². The maximum absolute atomic E-state index is 13.2. The molecule has 0 aliphatic rings. The molecule has 0 saturated carbocycles. The predicted molar refractivity (Wildman–Crippen MR) is 153 cm³/mol. The van der Waals surface area contributed by atoms with Crippen molar-refractivity contribution >= 4 is 45.2 Å². The average Bonchev–Trinajstić information content (AvgIpc) is 2.96. The number of para-hydroxylation sites is 1. The van der Waals surface area contributed by atoms with E-state index in [1.807, 2.05) is 48.5 Å². The lowest BCUT2D eigenvalue weighted by Crippen LogP contribution is -2.55. The second-order valence-electron chi connectivity index (χ2n) is 9.80. The zero-order chi connectivity index (χ0) is 29.4. The number of hydrogen-bond donors (Lipinski definition) is 3. The maximum Gasteiger partial charge on any atom is 0.305 e. The molecule has 2 amide bonds. The van der Waals surface area contributed by atoms with Crippen molar-refractivity contribution < 1.29 is 33.8 Å². The summed E-state index contributed by atoms with van der Waals surface area (Å²) in [6.45, 7) is 2.63. The van der Waals surface area contributed by atoms with Gasteiger partial charge in [-0.25, -0.2) is 0 Å². The SMILES string of the molecule is CC(C)[C@H](NC(=O)COc1cccc2ccccc12)C(=O)N[C@@H](CC(=O)O)C(=O)COc1cccc2cccnc12. The molecule has 3 N–H and O–H groups in total. The number of carboxylic acid groups (broad SMARTS) is 1. The van der Waals surface area contributed by atoms with Gasteiger partial charge in [-0.2, -0.15) is 0 Å². The maximum atomic E-state index is 13.2. The predicted octanol–water partition coefficient (Wildman–Crippen LogP) is 3.52. The number of Topliss-reactive ketones (excluding diaryl/α,β-unsaturated/α-hetero) is 1. The van der Waals surface area contributed by atoms with Crippen LogP contribution in [0.1, 0.15) is 20.3 Å². The number of hydrogen-bond acceptors (Lipinski definition) is 7. The first-order valence-electron chi connectivity index (χ1n) is 13.1. The van der Waals surface area contributed by atoms with Gasteiger partial charge in [0, 0.05) is 17.0 Å². The van der Waals surface area contributed by atoms with E-state index in [2.05, 4.69) is 15.6 Å². The van der Waals surface area contributed by atoms with Crippen LogP contribution < -0.4 is 20.1 Å². The van der Waals surface area contributed by atoms with Crippen LogP contribution in [0.3, 0.4) is 0 Å². The van der Waals surface area contributed by atoms with E-state index in [-0.39, 0.29) is 12.5 Å². The molecule has 4 aromatic rings. The molecule has 0 bridgehead atoms. The Labute approximate surface area is 236 Å². The molecule has 212 valence electrons. The van der Waals surface area contributed by atoms with Gasteiger partial charge in [-0.15, -0.1) is 0 Å². The molecular weight excluding hydrogens is 526 g/mol. The molecule has 10 nitrogen and oxygen atoms in total. The third kappa shape index (κ3) is 7.57. The van der Waals surface area contributed by atoms with E-state index >= 15 is 0 Å². The third-order valence-corrected chi connectivity index (χ3v) is 6.42. The van der Waals surface area contributed by atoms with Crippen LogP contribution in [0.2, 0.25) is 0 Å². The van der Waals surface area contributed by atoms with Gasteiger partial charge >= 0.3 is 5.97 Å². The summed E-state index contributed by atoms with van der Waals surface area (Å²) in [5.41, 5.74) is 0.551. The highest BCUT2D eigenvalue weighted by Gasteiger charge is 2.30. The van der Waals surface area contributed by atoms with Crippen LogP contribution in [0.15, 0.2) is 79.0 Å². The van der Waals surface area contributed by atoms with Gasteiger partial charge in [-0.05, 0) is 29.5 Å². The Kier molecular flexibility index (Phi) is 9.47. The molecule has 0 unspecified atom stereocenters. The fraction of sp³-hybridized carbons (Fsp3) is 0.258. The molecule has 0 saturated heterocycles. The molecule has 1 aromatic heterocycles. The van der Waals surface area contributed by atoms with Crippen LogP contribution in [0.5, 0.6) is 11.5 Å². The third-order valence-electron chi connectivity index (χ3n) is 6.42. The number of ketones is 1. The van der Waals surface area contributed by atoms with Crippen molar-refractivity contribution in [2.24, 2.45) is 5.92 Å². The normalized spacial score (nSPS) is 12.5. The number of carbonyl (C=O) groups is 4. The van der Waals surface area contributed by atoms with Crippen molar-refractivity contribution in [2.45, 2.75) is 32.4 Å². The lowest BCUT2D eigenvalue weighted by atomic mass is 10.0. The second-order valence-corrected chi connectivity index (χ2v) is 9.80. The molecule has 0 fully saturated rings. The molecule has 0 radical (unpaired) electrons. The number of fused-ring (bicyclic) bond motifs is 2. The Morgan fingerprint density at radius 2 is 1.46 bits per heavy atom. The summed E-state index contributed by atoms with van der Waals surface area (Å²) >= 11 is 0. The number of rotatable bonds is 13. The van der Waals surface area contributed by atoms with E-state index in [0.717, 1.165) is 16.2 Å². The van der Waals surface area contributed by atoms with Crippen LogP contribution in [0.4, 0.5) is 0 Å². The van der Waals surface area contributed by atoms with E-state index in [0.29, 0.717) is 17.0 Å². The smallest absolute Gasteiger partial charge is 0.305 e. The highest BCUT2D eigenvalue weighted by Crippen LogP contribution is 2.25. The molecule has 0 aliphatic carbocycles. The molecule has 0 aliphatic heterocycles. The number of benzene rings is 3.